The fourth-order valence-electron chi connectivity index (χ4n) is 1.69. The van der Waals surface area contributed by atoms with Gasteiger partial charge < -0.3 is 9.47 Å². The molecule has 4 nitrogen and oxygen atoms in total. The van der Waals surface area contributed by atoms with Gasteiger partial charge in [-0.2, -0.15) is 0 Å². The lowest BCUT2D eigenvalue weighted by atomic mass is 10.3. The minimum absolute atomic E-state index is 0.246. The van der Waals surface area contributed by atoms with Crippen LogP contribution in [-0.4, -0.2) is 23.7 Å². The molecule has 0 amide bonds. The maximum absolute atomic E-state index is 13.9. The maximum Gasteiger partial charge on any atom is 0.326 e. The zero-order chi connectivity index (χ0) is 18.4. The van der Waals surface area contributed by atoms with Gasteiger partial charge in [0.05, 0.1) is 0 Å². The van der Waals surface area contributed by atoms with Crippen molar-refractivity contribution < 1.29 is 27.8 Å². The molecular formula is C16H10Cl2F2O4S. The quantitative estimate of drug-likeness (QED) is 0.404. The van der Waals surface area contributed by atoms with Gasteiger partial charge in [-0.1, -0.05) is 11.8 Å². The van der Waals surface area contributed by atoms with E-state index in [4.69, 9.17) is 32.7 Å². The van der Waals surface area contributed by atoms with Gasteiger partial charge in [0.1, 0.15) is 11.8 Å². The molecule has 0 aliphatic rings. The second-order valence-corrected chi connectivity index (χ2v) is 6.18. The Labute approximate surface area is 156 Å². The first-order valence-electron chi connectivity index (χ1n) is 6.73. The first kappa shape index (κ1) is 19.5. The summed E-state index contributed by atoms with van der Waals surface area (Å²) in [6, 6.07) is 7.83. The van der Waals surface area contributed by atoms with Gasteiger partial charge in [0.15, 0.2) is 23.1 Å². The number of hydrogen-bond acceptors (Lipinski definition) is 5. The molecule has 0 unspecified atom stereocenters. The number of ether oxygens (including phenoxy) is 2. The van der Waals surface area contributed by atoms with Crippen LogP contribution in [0.2, 0.25) is 0 Å². The zero-order valence-corrected chi connectivity index (χ0v) is 14.8. The fraction of sp³-hybridized carbons (Fsp3) is 0.125. The molecule has 0 aromatic heterocycles. The summed E-state index contributed by atoms with van der Waals surface area (Å²) >= 11 is 11.6. The Balaban J connectivity index is 2.11. The van der Waals surface area contributed by atoms with Crippen LogP contribution in [0.15, 0.2) is 46.2 Å². The van der Waals surface area contributed by atoms with Gasteiger partial charge in [0.25, 0.3) is 0 Å². The van der Waals surface area contributed by atoms with Gasteiger partial charge in [0, 0.05) is 9.79 Å². The lowest BCUT2D eigenvalue weighted by Crippen LogP contribution is -2.10. The summed E-state index contributed by atoms with van der Waals surface area (Å²) in [5.74, 6) is -4.33. The van der Waals surface area contributed by atoms with Crippen molar-refractivity contribution in [3.8, 4) is 11.5 Å². The van der Waals surface area contributed by atoms with Gasteiger partial charge in [-0.15, -0.1) is 23.2 Å². The Morgan fingerprint density at radius 2 is 1.24 bits per heavy atom. The summed E-state index contributed by atoms with van der Waals surface area (Å²) in [5.41, 5.74) is 0. The van der Waals surface area contributed by atoms with Gasteiger partial charge in [-0.3, -0.25) is 9.59 Å². The molecule has 0 bridgehead atoms. The molecule has 0 saturated carbocycles. The average Bonchev–Trinajstić information content (AvgIpc) is 2.59. The second kappa shape index (κ2) is 9.03. The standard InChI is InChI=1S/C16H10Cl2F2O4S/c17-7-15(21)23-13-3-1-9(5-11(13)19)25-10-2-4-14(12(20)6-10)24-16(22)8-18/h1-6H,7-8H2. The molecule has 0 saturated heterocycles. The molecule has 0 N–H and O–H groups in total. The van der Waals surface area contributed by atoms with E-state index in [-0.39, 0.29) is 11.5 Å². The molecule has 9 heteroatoms. The van der Waals surface area contributed by atoms with Crippen LogP contribution >= 0.6 is 35.0 Å². The van der Waals surface area contributed by atoms with E-state index in [1.807, 2.05) is 0 Å². The molecule has 0 aliphatic heterocycles. The summed E-state index contributed by atoms with van der Waals surface area (Å²) in [6.07, 6.45) is 0. The predicted molar refractivity (Wildman–Crippen MR) is 89.6 cm³/mol. The number of halogens is 4. The van der Waals surface area contributed by atoms with Crippen LogP contribution in [0.1, 0.15) is 0 Å². The van der Waals surface area contributed by atoms with Crippen LogP contribution in [0.5, 0.6) is 11.5 Å². The molecule has 2 aromatic rings. The van der Waals surface area contributed by atoms with Gasteiger partial charge in [-0.05, 0) is 36.4 Å². The third kappa shape index (κ3) is 5.59. The van der Waals surface area contributed by atoms with E-state index in [1.165, 1.54) is 24.3 Å². The largest absolute Gasteiger partial charge is 0.423 e. The topological polar surface area (TPSA) is 52.6 Å². The van der Waals surface area contributed by atoms with Gasteiger partial charge in [-0.25, -0.2) is 8.78 Å². The zero-order valence-electron chi connectivity index (χ0n) is 12.4. The average molecular weight is 407 g/mol. The molecule has 0 aliphatic carbocycles. The lowest BCUT2D eigenvalue weighted by Gasteiger charge is -2.08. The normalized spacial score (nSPS) is 10.4. The van der Waals surface area contributed by atoms with Crippen molar-refractivity contribution in [2.75, 3.05) is 11.8 Å². The van der Waals surface area contributed by atoms with Gasteiger partial charge >= 0.3 is 11.9 Å². The minimum Gasteiger partial charge on any atom is -0.423 e. The molecule has 0 spiro atoms. The molecule has 2 aromatic carbocycles. The molecule has 2 rings (SSSR count). The third-order valence-corrected chi connectivity index (χ3v) is 4.12. The number of benzene rings is 2. The van der Waals surface area contributed by atoms with Crippen LogP contribution < -0.4 is 9.47 Å². The van der Waals surface area contributed by atoms with E-state index >= 15 is 0 Å². The van der Waals surface area contributed by atoms with E-state index < -0.39 is 35.3 Å². The van der Waals surface area contributed by atoms with Crippen LogP contribution in [0.4, 0.5) is 8.78 Å². The Morgan fingerprint density at radius 3 is 1.56 bits per heavy atom. The number of carbonyl (C=O) groups excluding carboxylic acids is 2. The number of hydrogen-bond donors (Lipinski definition) is 0. The summed E-state index contributed by atoms with van der Waals surface area (Å²) in [7, 11) is 0. The van der Waals surface area contributed by atoms with E-state index in [1.54, 1.807) is 0 Å². The SMILES string of the molecule is O=C(CCl)Oc1ccc(Sc2ccc(OC(=O)CCl)c(F)c2)cc1F. The Morgan fingerprint density at radius 1 is 0.840 bits per heavy atom. The summed E-state index contributed by atoms with van der Waals surface area (Å²) in [6.45, 7) is 0. The maximum atomic E-state index is 13.9. The molecule has 0 atom stereocenters. The number of esters is 2. The van der Waals surface area contributed by atoms with Crippen LogP contribution in [0, 0.1) is 11.6 Å². The van der Waals surface area contributed by atoms with Crippen molar-refractivity contribution in [3.05, 3.63) is 48.0 Å². The number of carbonyl (C=O) groups is 2. The van der Waals surface area contributed by atoms with Crippen molar-refractivity contribution in [2.45, 2.75) is 9.79 Å². The first-order chi connectivity index (χ1) is 11.9. The van der Waals surface area contributed by atoms with E-state index in [2.05, 4.69) is 0 Å². The van der Waals surface area contributed by atoms with Crippen LogP contribution in [0.25, 0.3) is 0 Å². The highest BCUT2D eigenvalue weighted by Gasteiger charge is 2.12. The fourth-order valence-corrected chi connectivity index (χ4v) is 2.67. The van der Waals surface area contributed by atoms with E-state index in [0.29, 0.717) is 9.79 Å². The molecule has 25 heavy (non-hydrogen) atoms. The van der Waals surface area contributed by atoms with E-state index in [9.17, 15) is 18.4 Å². The monoisotopic (exact) mass is 406 g/mol. The highest BCUT2D eigenvalue weighted by Crippen LogP contribution is 2.33. The molecule has 0 heterocycles. The van der Waals surface area contributed by atoms with Gasteiger partial charge in [0.2, 0.25) is 0 Å². The van der Waals surface area contributed by atoms with Crippen LogP contribution in [-0.2, 0) is 9.59 Å². The second-order valence-electron chi connectivity index (χ2n) is 4.50. The molecule has 0 radical (unpaired) electrons. The highest BCUT2D eigenvalue weighted by molar-refractivity contribution is 7.99. The van der Waals surface area contributed by atoms with Crippen molar-refractivity contribution in [1.82, 2.24) is 0 Å². The summed E-state index contributed by atoms with van der Waals surface area (Å²) < 4.78 is 37.2. The van der Waals surface area contributed by atoms with E-state index in [0.717, 1.165) is 23.9 Å². The molecule has 0 fully saturated rings. The molecular weight excluding hydrogens is 397 g/mol. The van der Waals surface area contributed by atoms with Crippen molar-refractivity contribution in [2.24, 2.45) is 0 Å². The predicted octanol–water partition coefficient (Wildman–Crippen LogP) is 4.40. The first-order valence-corrected chi connectivity index (χ1v) is 8.61. The number of alkyl halides is 2. The molecule has 132 valence electrons. The van der Waals surface area contributed by atoms with Crippen molar-refractivity contribution >= 4 is 46.9 Å². The highest BCUT2D eigenvalue weighted by atomic mass is 35.5. The Hall–Kier alpha value is -1.83. The Kier molecular flexibility index (Phi) is 7.04. The third-order valence-electron chi connectivity index (χ3n) is 2.71. The van der Waals surface area contributed by atoms with Crippen molar-refractivity contribution in [3.63, 3.8) is 0 Å². The minimum atomic E-state index is -0.773. The summed E-state index contributed by atoms with van der Waals surface area (Å²) in [5, 5.41) is 0. The van der Waals surface area contributed by atoms with Crippen LogP contribution in [0.3, 0.4) is 0 Å². The lowest BCUT2D eigenvalue weighted by molar-refractivity contribution is -0.132. The smallest absolute Gasteiger partial charge is 0.326 e. The summed E-state index contributed by atoms with van der Waals surface area (Å²) in [4.78, 5) is 23.0. The van der Waals surface area contributed by atoms with Crippen molar-refractivity contribution in [1.29, 1.82) is 0 Å². The Bertz CT molecular complexity index is 736. The number of rotatable bonds is 6.